The largest absolute Gasteiger partial charge is 0.373 e. The summed E-state index contributed by atoms with van der Waals surface area (Å²) in [5.74, 6) is -0.100. The second-order valence-corrected chi connectivity index (χ2v) is 4.60. The summed E-state index contributed by atoms with van der Waals surface area (Å²) >= 11 is 0. The molecule has 2 heterocycles. The lowest BCUT2D eigenvalue weighted by atomic mass is 10.0. The van der Waals surface area contributed by atoms with Crippen molar-refractivity contribution in [3.63, 3.8) is 0 Å². The molecule has 7 heteroatoms. The number of morpholine rings is 1. The Kier molecular flexibility index (Phi) is 2.50. The van der Waals surface area contributed by atoms with Crippen molar-refractivity contribution in [3.8, 4) is 0 Å². The predicted octanol–water partition coefficient (Wildman–Crippen LogP) is 2.27. The van der Waals surface area contributed by atoms with Crippen LogP contribution in [0.25, 0.3) is 0 Å². The first-order valence-electron chi connectivity index (χ1n) is 5.71. The number of benzene rings is 1. The van der Waals surface area contributed by atoms with Gasteiger partial charge in [-0.05, 0) is 12.1 Å². The lowest BCUT2D eigenvalue weighted by molar-refractivity contribution is -0.261. The molecule has 1 atom stereocenters. The first kappa shape index (κ1) is 12.3. The van der Waals surface area contributed by atoms with E-state index in [-0.39, 0.29) is 6.61 Å². The topological polar surface area (TPSA) is 34.1 Å². The van der Waals surface area contributed by atoms with E-state index in [9.17, 15) is 13.2 Å². The summed E-state index contributed by atoms with van der Waals surface area (Å²) in [6, 6.07) is 5.48. The molecule has 2 aliphatic heterocycles. The van der Waals surface area contributed by atoms with Gasteiger partial charge in [0.15, 0.2) is 5.84 Å². The van der Waals surface area contributed by atoms with Crippen LogP contribution in [0.4, 0.5) is 13.2 Å². The number of rotatable bonds is 1. The minimum atomic E-state index is -3.26. The van der Waals surface area contributed by atoms with Crippen LogP contribution in [-0.2, 0) is 15.3 Å². The van der Waals surface area contributed by atoms with Crippen LogP contribution in [-0.4, -0.2) is 30.0 Å². The summed E-state index contributed by atoms with van der Waals surface area (Å²) in [6.07, 6.45) is -3.26. The van der Waals surface area contributed by atoms with Gasteiger partial charge in [-0.2, -0.15) is 8.78 Å². The van der Waals surface area contributed by atoms with Crippen LogP contribution in [0.1, 0.15) is 12.5 Å². The highest BCUT2D eigenvalue weighted by Gasteiger charge is 2.52. The highest BCUT2D eigenvalue weighted by atomic mass is 19.3. The van der Waals surface area contributed by atoms with Crippen molar-refractivity contribution >= 4 is 5.84 Å². The third kappa shape index (κ3) is 1.94. The van der Waals surface area contributed by atoms with Gasteiger partial charge in [-0.3, -0.25) is 0 Å². The molecule has 1 unspecified atom stereocenters. The van der Waals surface area contributed by atoms with Crippen molar-refractivity contribution in [1.82, 2.24) is 4.90 Å². The number of nitrogens with zero attached hydrogens (tertiary/aromatic N) is 2. The number of halogens is 3. The zero-order valence-corrected chi connectivity index (χ0v) is 10.1. The Bertz CT molecular complexity index is 532. The van der Waals surface area contributed by atoms with E-state index in [0.717, 1.165) is 0 Å². The molecule has 0 amide bonds. The van der Waals surface area contributed by atoms with Gasteiger partial charge in [-0.25, -0.2) is 4.39 Å². The van der Waals surface area contributed by atoms with Crippen LogP contribution >= 0.6 is 0 Å². The monoisotopic (exact) mass is 272 g/mol. The van der Waals surface area contributed by atoms with Crippen LogP contribution in [0, 0.1) is 5.82 Å². The molecule has 4 nitrogen and oxygen atoms in total. The van der Waals surface area contributed by atoms with Gasteiger partial charge in [0.1, 0.15) is 19.0 Å². The Labute approximate surface area is 107 Å². The summed E-state index contributed by atoms with van der Waals surface area (Å²) in [5, 5.41) is 3.77. The third-order valence-corrected chi connectivity index (χ3v) is 3.29. The molecule has 1 aromatic rings. The molecule has 0 aliphatic carbocycles. The first-order valence-corrected chi connectivity index (χ1v) is 5.71. The Hall–Kier alpha value is -1.76. The molecule has 0 radical (unpaired) electrons. The van der Waals surface area contributed by atoms with E-state index in [1.54, 1.807) is 6.92 Å². The number of ether oxygens (including phenoxy) is 1. The van der Waals surface area contributed by atoms with Crippen LogP contribution in [0.3, 0.4) is 0 Å². The number of fused-ring (bicyclic) bond motifs is 1. The SMILES string of the molecule is CC1(c2ccc(F)cc2)ON=C2COC(F)(F)CN21. The molecule has 102 valence electrons. The molecule has 0 spiro atoms. The average Bonchev–Trinajstić information content (AvgIpc) is 2.67. The normalized spacial score (nSPS) is 28.6. The fourth-order valence-corrected chi connectivity index (χ4v) is 2.20. The van der Waals surface area contributed by atoms with E-state index in [2.05, 4.69) is 9.89 Å². The molecule has 2 aliphatic rings. The second kappa shape index (κ2) is 3.86. The highest BCUT2D eigenvalue weighted by molar-refractivity contribution is 5.85. The van der Waals surface area contributed by atoms with E-state index in [1.165, 1.54) is 29.2 Å². The van der Waals surface area contributed by atoms with Gasteiger partial charge in [0.25, 0.3) is 0 Å². The third-order valence-electron chi connectivity index (χ3n) is 3.29. The number of alkyl halides is 2. The predicted molar refractivity (Wildman–Crippen MR) is 59.9 cm³/mol. The fraction of sp³-hybridized carbons (Fsp3) is 0.417. The Balaban J connectivity index is 1.95. The van der Waals surface area contributed by atoms with E-state index < -0.39 is 24.2 Å². The van der Waals surface area contributed by atoms with E-state index in [1.807, 2.05) is 0 Å². The zero-order valence-electron chi connectivity index (χ0n) is 10.1. The molecule has 0 aromatic heterocycles. The highest BCUT2D eigenvalue weighted by Crippen LogP contribution is 2.39. The smallest absolute Gasteiger partial charge is 0.361 e. The number of hydrogen-bond acceptors (Lipinski definition) is 4. The Morgan fingerprint density at radius 1 is 1.26 bits per heavy atom. The van der Waals surface area contributed by atoms with Crippen LogP contribution in [0.5, 0.6) is 0 Å². The molecule has 0 saturated carbocycles. The van der Waals surface area contributed by atoms with Crippen molar-refractivity contribution in [3.05, 3.63) is 35.6 Å². The van der Waals surface area contributed by atoms with Crippen molar-refractivity contribution in [2.75, 3.05) is 13.2 Å². The van der Waals surface area contributed by atoms with Gasteiger partial charge in [0, 0.05) is 12.5 Å². The van der Waals surface area contributed by atoms with Gasteiger partial charge in [-0.1, -0.05) is 17.3 Å². The number of hydrogen-bond donors (Lipinski definition) is 0. The lowest BCUT2D eigenvalue weighted by Gasteiger charge is -2.39. The van der Waals surface area contributed by atoms with Gasteiger partial charge in [0.05, 0.1) is 0 Å². The van der Waals surface area contributed by atoms with Gasteiger partial charge >= 0.3 is 6.11 Å². The van der Waals surface area contributed by atoms with Crippen molar-refractivity contribution < 1.29 is 22.7 Å². The molecular weight excluding hydrogens is 261 g/mol. The van der Waals surface area contributed by atoms with E-state index >= 15 is 0 Å². The first-order chi connectivity index (χ1) is 8.91. The zero-order chi connectivity index (χ0) is 13.7. The summed E-state index contributed by atoms with van der Waals surface area (Å²) < 4.78 is 44.0. The second-order valence-electron chi connectivity index (χ2n) is 4.60. The minimum absolute atomic E-state index is 0.303. The summed E-state index contributed by atoms with van der Waals surface area (Å²) in [7, 11) is 0. The van der Waals surface area contributed by atoms with Crippen molar-refractivity contribution in [2.24, 2.45) is 5.16 Å². The van der Waals surface area contributed by atoms with Crippen molar-refractivity contribution in [1.29, 1.82) is 0 Å². The number of oxime groups is 1. The van der Waals surface area contributed by atoms with E-state index in [4.69, 9.17) is 4.84 Å². The maximum atomic E-state index is 13.3. The van der Waals surface area contributed by atoms with Crippen LogP contribution in [0.2, 0.25) is 0 Å². The Morgan fingerprint density at radius 3 is 2.63 bits per heavy atom. The van der Waals surface area contributed by atoms with Crippen LogP contribution < -0.4 is 0 Å². The molecule has 3 rings (SSSR count). The maximum absolute atomic E-state index is 13.3. The fourth-order valence-electron chi connectivity index (χ4n) is 2.20. The molecule has 1 saturated heterocycles. The van der Waals surface area contributed by atoms with Crippen molar-refractivity contribution in [2.45, 2.75) is 18.8 Å². The van der Waals surface area contributed by atoms with E-state index in [0.29, 0.717) is 11.4 Å². The summed E-state index contributed by atoms with van der Waals surface area (Å²) in [5.41, 5.74) is -0.624. The lowest BCUT2D eigenvalue weighted by Crippen LogP contribution is -2.55. The Morgan fingerprint density at radius 2 is 1.95 bits per heavy atom. The molecule has 1 fully saturated rings. The molecule has 0 bridgehead atoms. The summed E-state index contributed by atoms with van der Waals surface area (Å²) in [6.45, 7) is 0.641. The maximum Gasteiger partial charge on any atom is 0.373 e. The standard InChI is InChI=1S/C12H11F3N2O2/c1-11(8-2-4-9(13)5-3-8)17-7-12(14,15)18-6-10(17)16-19-11/h2-5H,6-7H2,1H3. The summed E-state index contributed by atoms with van der Waals surface area (Å²) in [4.78, 5) is 6.62. The average molecular weight is 272 g/mol. The molecule has 19 heavy (non-hydrogen) atoms. The quantitative estimate of drug-likeness (QED) is 0.786. The number of amidine groups is 1. The van der Waals surface area contributed by atoms with Gasteiger partial charge < -0.3 is 14.5 Å². The van der Waals surface area contributed by atoms with Crippen LogP contribution in [0.15, 0.2) is 29.4 Å². The molecular formula is C12H11F3N2O2. The van der Waals surface area contributed by atoms with Gasteiger partial charge in [0.2, 0.25) is 5.72 Å². The molecule has 0 N–H and O–H groups in total. The van der Waals surface area contributed by atoms with Gasteiger partial charge in [-0.15, -0.1) is 0 Å². The molecule has 1 aromatic carbocycles. The minimum Gasteiger partial charge on any atom is -0.361 e.